The fourth-order valence-electron chi connectivity index (χ4n) is 11.7. The van der Waals surface area contributed by atoms with Crippen molar-refractivity contribution in [3.05, 3.63) is 131 Å². The molecule has 0 radical (unpaired) electrons. The maximum absolute atomic E-state index is 15.1. The van der Waals surface area contributed by atoms with Gasteiger partial charge in [-0.25, -0.2) is 4.98 Å². The van der Waals surface area contributed by atoms with E-state index in [1.807, 2.05) is 29.2 Å². The Kier molecular flexibility index (Phi) is 16.8. The lowest BCUT2D eigenvalue weighted by Gasteiger charge is -2.38. The third-order valence-corrected chi connectivity index (χ3v) is 16.8. The van der Waals surface area contributed by atoms with Gasteiger partial charge in [0.05, 0.1) is 48.3 Å². The summed E-state index contributed by atoms with van der Waals surface area (Å²) in [7, 11) is 1.44. The smallest absolute Gasteiger partial charge is 0.414 e. The van der Waals surface area contributed by atoms with Crippen LogP contribution in [-0.2, 0) is 48.2 Å². The Bertz CT molecular complexity index is 3890. The average molecular weight is 1170 g/mol. The molecule has 1 amide bonds. The first-order valence-electron chi connectivity index (χ1n) is 28.1. The van der Waals surface area contributed by atoms with Crippen molar-refractivity contribution < 1.29 is 67.8 Å². The highest BCUT2D eigenvalue weighted by Gasteiger charge is 2.44. The number of hydrogen-bond donors (Lipinski definition) is 5. The number of imidazole rings is 1. The van der Waals surface area contributed by atoms with Crippen LogP contribution in [0.4, 0.5) is 17.2 Å². The lowest BCUT2D eigenvalue weighted by Crippen LogP contribution is -2.46. The molecule has 4 aliphatic heterocycles. The highest BCUT2D eigenvalue weighted by molar-refractivity contribution is 6.17. The highest BCUT2D eigenvalue weighted by Crippen LogP contribution is 2.43. The molecule has 0 saturated carbocycles. The fourth-order valence-corrected chi connectivity index (χ4v) is 11.7. The molecule has 2 aromatic heterocycles. The van der Waals surface area contributed by atoms with E-state index in [4.69, 9.17) is 37.8 Å². The van der Waals surface area contributed by atoms with Crippen LogP contribution in [0, 0.1) is 40.7 Å². The standard InChI is InChI=1S/C61H69N7O17/c1-30-11-10-12-31(2)59(76)64-50-54(74)46-45(47-56(35(6)53(46)73)85-61(8,58(47)75)82-22-17-42(79-9)32(3)55(83-36(7)69)34(5)52(72)33(4)51(30)71)49-57(50)84-43-24-39(23-41(70)48(43)63-49)66-20-18-65(19-21-66)25-37-13-15-38(16-14-37)28-80-40-26-67-27-44(68(77)78)62-60(67)81-29-40/h10-17,22-24,27,30,32-34,40,42,51-52,55,71-73,75H,18-21,25-26,28-29H2,1-9H3,(H,64,76)/t30-,32+,33+,34+,40-,42-,51-,52+,55+,61-/m0/s1. The zero-order valence-electron chi connectivity index (χ0n) is 48.6. The van der Waals surface area contributed by atoms with E-state index >= 15 is 4.79 Å². The first-order valence-corrected chi connectivity index (χ1v) is 28.1. The second-order valence-electron chi connectivity index (χ2n) is 22.7. The van der Waals surface area contributed by atoms with Gasteiger partial charge in [0, 0.05) is 117 Å². The predicted octanol–water partition coefficient (Wildman–Crippen LogP) is 5.96. The van der Waals surface area contributed by atoms with Crippen molar-refractivity contribution in [3.8, 4) is 17.5 Å². The van der Waals surface area contributed by atoms with Crippen LogP contribution in [-0.4, -0.2) is 133 Å². The number of aromatic hydroxyl groups is 1. The van der Waals surface area contributed by atoms with Gasteiger partial charge in [-0.05, 0) is 36.0 Å². The second kappa shape index (κ2) is 23.9. The summed E-state index contributed by atoms with van der Waals surface area (Å²) >= 11 is 0. The van der Waals surface area contributed by atoms with E-state index in [0.29, 0.717) is 51.6 Å². The van der Waals surface area contributed by atoms with Crippen molar-refractivity contribution in [1.82, 2.24) is 19.4 Å². The van der Waals surface area contributed by atoms with Crippen LogP contribution in [0.15, 0.2) is 92.7 Å². The number of nitrogens with one attached hydrogen (secondary N) is 1. The Balaban J connectivity index is 0.969. The van der Waals surface area contributed by atoms with Crippen LogP contribution in [0.1, 0.15) is 65.2 Å². The minimum atomic E-state index is -2.02. The van der Waals surface area contributed by atoms with Crippen molar-refractivity contribution in [2.75, 3.05) is 50.1 Å². The van der Waals surface area contributed by atoms with Gasteiger partial charge in [0.15, 0.2) is 22.4 Å². The Hall–Kier alpha value is -8.42. The monoisotopic (exact) mass is 1170 g/mol. The summed E-state index contributed by atoms with van der Waals surface area (Å²) in [4.78, 5) is 79.8. The molecule has 4 bridgehead atoms. The molecule has 10 atom stereocenters. The molecule has 85 heavy (non-hydrogen) atoms. The molecule has 0 aliphatic carbocycles. The van der Waals surface area contributed by atoms with E-state index in [1.165, 1.54) is 65.5 Å². The van der Waals surface area contributed by atoms with Crippen molar-refractivity contribution in [3.63, 3.8) is 0 Å². The first kappa shape index (κ1) is 59.7. The van der Waals surface area contributed by atoms with Crippen LogP contribution in [0.5, 0.6) is 17.5 Å². The van der Waals surface area contributed by atoms with Gasteiger partial charge in [0.25, 0.3) is 5.91 Å². The average Bonchev–Trinajstić information content (AvgIpc) is 1.77. The number of phenols is 1. The number of aliphatic hydroxyl groups excluding tert-OH is 3. The number of nitro groups is 1. The van der Waals surface area contributed by atoms with Gasteiger partial charge in [-0.15, -0.1) is 0 Å². The number of aliphatic hydroxyl groups is 3. The van der Waals surface area contributed by atoms with Crippen LogP contribution in [0.2, 0.25) is 0 Å². The van der Waals surface area contributed by atoms with Gasteiger partial charge in [-0.2, -0.15) is 0 Å². The number of benzene rings is 4. The second-order valence-corrected chi connectivity index (χ2v) is 22.7. The number of carbonyl (C=O) groups excluding carboxylic acids is 2. The van der Waals surface area contributed by atoms with Gasteiger partial charge >= 0.3 is 23.6 Å². The molecular formula is C61H69N7O17. The van der Waals surface area contributed by atoms with Gasteiger partial charge in [-0.1, -0.05) is 70.2 Å². The number of aromatic nitrogens is 3. The number of allylic oxidation sites excluding steroid dienone is 2. The molecule has 450 valence electrons. The van der Waals surface area contributed by atoms with E-state index in [2.05, 4.69) is 15.2 Å². The minimum Gasteiger partial charge on any atom is -0.507 e. The quantitative estimate of drug-likeness (QED) is 0.0366. The van der Waals surface area contributed by atoms with Crippen molar-refractivity contribution in [2.45, 2.75) is 111 Å². The molecule has 6 heterocycles. The molecule has 1 saturated heterocycles. The number of hydrogen-bond acceptors (Lipinski definition) is 21. The normalized spacial score (nSPS) is 26.0. The summed E-state index contributed by atoms with van der Waals surface area (Å²) in [5, 5.41) is 60.8. The first-order chi connectivity index (χ1) is 40.5. The number of nitrogens with zero attached hydrogens (tertiary/aromatic N) is 6. The summed E-state index contributed by atoms with van der Waals surface area (Å²) in [5.41, 5.74) is 0.254. The molecular weight excluding hydrogens is 1100 g/mol. The number of rotatable bonds is 9. The SMILES string of the molecule is CO[C@H]1C=CO[C@@]2(C)Oc3c(C)c(O)c4c(=O)c(c5oc6cc(N7CCN(Cc8ccc(CO[C@@H]9COc%10nc([N+](=O)[O-])cn%10C9)cc8)CC7)cc(=O)c6nc5c4c3=C2O)NC(=O)C(C)=CC=C[C@H](C)[C@H](O)[C@@H](C)[C@@H](O)[C@@H](C)[C@H](OC(C)=O)[C@@H]1C. The van der Waals surface area contributed by atoms with Crippen LogP contribution in [0.25, 0.3) is 38.7 Å². The van der Waals surface area contributed by atoms with Crippen molar-refractivity contribution >= 4 is 67.8 Å². The summed E-state index contributed by atoms with van der Waals surface area (Å²) < 4.78 is 43.9. The number of carbonyl (C=O) groups is 2. The van der Waals surface area contributed by atoms with E-state index in [-0.39, 0.29) is 79.6 Å². The number of ether oxygens (including phenoxy) is 6. The molecule has 1 fully saturated rings. The van der Waals surface area contributed by atoms with Gasteiger partial charge in [-0.3, -0.25) is 28.6 Å². The molecule has 5 N–H and O–H groups in total. The van der Waals surface area contributed by atoms with E-state index in [1.54, 1.807) is 50.5 Å². The largest absolute Gasteiger partial charge is 0.507 e. The van der Waals surface area contributed by atoms with E-state index < -0.39 is 98.7 Å². The van der Waals surface area contributed by atoms with Gasteiger partial charge in [0.2, 0.25) is 10.9 Å². The Morgan fingerprint density at radius 1 is 0.929 bits per heavy atom. The number of fused-ring (bicyclic) bond motifs is 3. The van der Waals surface area contributed by atoms with Crippen LogP contribution in [0.3, 0.4) is 0 Å². The third kappa shape index (κ3) is 11.6. The minimum absolute atomic E-state index is 0.0135. The number of amides is 1. The molecule has 24 heteroatoms. The van der Waals surface area contributed by atoms with Gasteiger partial charge < -0.3 is 73.6 Å². The lowest BCUT2D eigenvalue weighted by atomic mass is 9.78. The number of anilines is 2. The summed E-state index contributed by atoms with van der Waals surface area (Å²) in [6.45, 7) is 16.5. The molecule has 10 rings (SSSR count). The zero-order valence-corrected chi connectivity index (χ0v) is 48.6. The molecule has 4 aromatic carbocycles. The molecule has 0 spiro atoms. The fraction of sp³-hybridized carbons (Fsp3) is 0.443. The maximum atomic E-state index is 15.1. The molecule has 6 aromatic rings. The Morgan fingerprint density at radius 3 is 2.34 bits per heavy atom. The highest BCUT2D eigenvalue weighted by atomic mass is 16.7. The number of piperazine rings is 1. The molecule has 4 aliphatic rings. The summed E-state index contributed by atoms with van der Waals surface area (Å²) in [6, 6.07) is 11.3. The van der Waals surface area contributed by atoms with E-state index in [9.17, 15) is 44.9 Å². The van der Waals surface area contributed by atoms with Gasteiger partial charge in [0.1, 0.15) is 47.7 Å². The Labute approximate surface area is 487 Å². The number of methoxy groups -OCH3 is 1. The zero-order chi connectivity index (χ0) is 60.9. The van der Waals surface area contributed by atoms with Crippen LogP contribution < -0.4 is 35.8 Å². The lowest BCUT2D eigenvalue weighted by molar-refractivity contribution is -0.389. The van der Waals surface area contributed by atoms with Crippen LogP contribution >= 0.6 is 0 Å². The number of esters is 1. The Morgan fingerprint density at radius 2 is 1.65 bits per heavy atom. The predicted molar refractivity (Wildman–Crippen MR) is 312 cm³/mol. The third-order valence-electron chi connectivity index (χ3n) is 16.8. The van der Waals surface area contributed by atoms with Crippen molar-refractivity contribution in [2.24, 2.45) is 23.7 Å². The molecule has 24 nitrogen and oxygen atoms in total. The van der Waals surface area contributed by atoms with E-state index in [0.717, 1.165) is 11.1 Å². The maximum Gasteiger partial charge on any atom is 0.414 e. The number of phenolic OH excluding ortho intramolecular Hbond substituents is 1. The topological polar surface area (TPSA) is 310 Å². The summed E-state index contributed by atoms with van der Waals surface area (Å²) in [5.74, 6) is -7.48. The summed E-state index contributed by atoms with van der Waals surface area (Å²) in [6.07, 6.45) is 4.42. The molecule has 0 unspecified atom stereocenters. The van der Waals surface area contributed by atoms with Crippen molar-refractivity contribution in [1.29, 1.82) is 0 Å².